The molecule has 0 aliphatic carbocycles. The number of nitrogens with one attached hydrogen (secondary N) is 1. The van der Waals surface area contributed by atoms with Crippen LogP contribution in [0.1, 0.15) is 36.1 Å². The SMILES string of the molecule is Cc1ccc(CNCC2CCCn3ccnc32)o1. The lowest BCUT2D eigenvalue weighted by molar-refractivity contribution is 0.406. The van der Waals surface area contributed by atoms with E-state index in [1.54, 1.807) is 0 Å². The van der Waals surface area contributed by atoms with Gasteiger partial charge in [0.1, 0.15) is 17.3 Å². The number of aryl methyl sites for hydroxylation is 2. The fourth-order valence-corrected chi connectivity index (χ4v) is 2.65. The van der Waals surface area contributed by atoms with Crippen LogP contribution in [-0.2, 0) is 13.1 Å². The Morgan fingerprint density at radius 3 is 3.28 bits per heavy atom. The highest BCUT2D eigenvalue weighted by atomic mass is 16.3. The second-order valence-corrected chi connectivity index (χ2v) is 4.96. The Labute approximate surface area is 107 Å². The summed E-state index contributed by atoms with van der Waals surface area (Å²) in [6, 6.07) is 4.04. The van der Waals surface area contributed by atoms with Crippen LogP contribution in [0.25, 0.3) is 0 Å². The minimum atomic E-state index is 0.532. The molecule has 1 N–H and O–H groups in total. The summed E-state index contributed by atoms with van der Waals surface area (Å²) in [5.74, 6) is 3.74. The molecule has 4 heteroatoms. The molecule has 4 nitrogen and oxygen atoms in total. The lowest BCUT2D eigenvalue weighted by atomic mass is 9.99. The van der Waals surface area contributed by atoms with Crippen LogP contribution in [0.3, 0.4) is 0 Å². The van der Waals surface area contributed by atoms with Crippen molar-refractivity contribution in [3.63, 3.8) is 0 Å². The van der Waals surface area contributed by atoms with Gasteiger partial charge in [-0.25, -0.2) is 4.98 Å². The van der Waals surface area contributed by atoms with Gasteiger partial charge in [-0.3, -0.25) is 0 Å². The summed E-state index contributed by atoms with van der Waals surface area (Å²) in [5, 5.41) is 3.47. The van der Waals surface area contributed by atoms with Crippen molar-refractivity contribution in [2.45, 2.75) is 38.8 Å². The maximum atomic E-state index is 5.54. The van der Waals surface area contributed by atoms with Crippen molar-refractivity contribution >= 4 is 0 Å². The van der Waals surface area contributed by atoms with Crippen molar-refractivity contribution in [1.82, 2.24) is 14.9 Å². The first-order valence-electron chi connectivity index (χ1n) is 6.60. The molecule has 0 spiro atoms. The quantitative estimate of drug-likeness (QED) is 0.899. The van der Waals surface area contributed by atoms with E-state index >= 15 is 0 Å². The molecular formula is C14H19N3O. The summed E-state index contributed by atoms with van der Waals surface area (Å²) in [6.45, 7) is 4.85. The topological polar surface area (TPSA) is 43.0 Å². The van der Waals surface area contributed by atoms with Crippen LogP contribution in [0.15, 0.2) is 28.9 Å². The molecule has 0 radical (unpaired) electrons. The minimum absolute atomic E-state index is 0.532. The maximum absolute atomic E-state index is 5.54. The van der Waals surface area contributed by atoms with Gasteiger partial charge in [0.25, 0.3) is 0 Å². The monoisotopic (exact) mass is 245 g/mol. The molecule has 0 aromatic carbocycles. The number of imidazole rings is 1. The number of hydrogen-bond donors (Lipinski definition) is 1. The molecule has 1 aliphatic heterocycles. The Hall–Kier alpha value is -1.55. The first kappa shape index (κ1) is 11.5. The number of hydrogen-bond acceptors (Lipinski definition) is 3. The van der Waals surface area contributed by atoms with Crippen LogP contribution < -0.4 is 5.32 Å². The third-order valence-electron chi connectivity index (χ3n) is 3.55. The Bertz CT molecular complexity index is 515. The van der Waals surface area contributed by atoms with Gasteiger partial charge in [-0.2, -0.15) is 0 Å². The molecule has 0 saturated carbocycles. The summed E-state index contributed by atoms with van der Waals surface area (Å²) in [5.41, 5.74) is 0. The molecule has 3 rings (SSSR count). The average molecular weight is 245 g/mol. The fourth-order valence-electron chi connectivity index (χ4n) is 2.65. The summed E-state index contributed by atoms with van der Waals surface area (Å²) in [7, 11) is 0. The Balaban J connectivity index is 1.55. The molecule has 1 atom stereocenters. The number of furan rings is 1. The Morgan fingerprint density at radius 2 is 2.44 bits per heavy atom. The normalized spacial score (nSPS) is 18.8. The molecule has 0 bridgehead atoms. The van der Waals surface area contributed by atoms with Gasteiger partial charge in [-0.1, -0.05) is 0 Å². The minimum Gasteiger partial charge on any atom is -0.465 e. The zero-order valence-electron chi connectivity index (χ0n) is 10.7. The van der Waals surface area contributed by atoms with E-state index in [2.05, 4.69) is 21.1 Å². The van der Waals surface area contributed by atoms with E-state index in [1.807, 2.05) is 25.3 Å². The molecular weight excluding hydrogens is 226 g/mol. The van der Waals surface area contributed by atoms with Gasteiger partial charge >= 0.3 is 0 Å². The van der Waals surface area contributed by atoms with Crippen LogP contribution >= 0.6 is 0 Å². The molecule has 1 aliphatic rings. The highest BCUT2D eigenvalue weighted by Gasteiger charge is 2.20. The Morgan fingerprint density at radius 1 is 1.50 bits per heavy atom. The summed E-state index contributed by atoms with van der Waals surface area (Å²) < 4.78 is 7.81. The largest absolute Gasteiger partial charge is 0.465 e. The lowest BCUT2D eigenvalue weighted by Gasteiger charge is -2.23. The first-order valence-corrected chi connectivity index (χ1v) is 6.60. The second kappa shape index (κ2) is 4.98. The van der Waals surface area contributed by atoms with Gasteiger partial charge in [-0.05, 0) is 31.9 Å². The molecule has 96 valence electrons. The number of rotatable bonds is 4. The predicted molar refractivity (Wildman–Crippen MR) is 69.4 cm³/mol. The lowest BCUT2D eigenvalue weighted by Crippen LogP contribution is -2.26. The highest BCUT2D eigenvalue weighted by molar-refractivity contribution is 5.06. The standard InChI is InChI=1S/C14H19N3O/c1-11-4-5-13(18-11)10-15-9-12-3-2-7-17-8-6-16-14(12)17/h4-6,8,12,15H,2-3,7,9-10H2,1H3. The molecule has 2 aromatic rings. The second-order valence-electron chi connectivity index (χ2n) is 4.96. The van der Waals surface area contributed by atoms with E-state index in [9.17, 15) is 0 Å². The molecule has 2 aromatic heterocycles. The molecule has 3 heterocycles. The average Bonchev–Trinajstić information content (AvgIpc) is 2.98. The number of fused-ring (bicyclic) bond motifs is 1. The molecule has 0 fully saturated rings. The molecule has 0 saturated heterocycles. The third kappa shape index (κ3) is 2.34. The fraction of sp³-hybridized carbons (Fsp3) is 0.500. The predicted octanol–water partition coefficient (Wildman–Crippen LogP) is 2.45. The smallest absolute Gasteiger partial charge is 0.117 e. The van der Waals surface area contributed by atoms with E-state index < -0.39 is 0 Å². The summed E-state index contributed by atoms with van der Waals surface area (Å²) in [4.78, 5) is 4.47. The van der Waals surface area contributed by atoms with Gasteiger partial charge < -0.3 is 14.3 Å². The molecule has 0 amide bonds. The summed E-state index contributed by atoms with van der Waals surface area (Å²) >= 11 is 0. The van der Waals surface area contributed by atoms with Crippen LogP contribution in [0.5, 0.6) is 0 Å². The van der Waals surface area contributed by atoms with E-state index in [1.165, 1.54) is 18.7 Å². The van der Waals surface area contributed by atoms with E-state index in [4.69, 9.17) is 4.42 Å². The number of aromatic nitrogens is 2. The zero-order valence-corrected chi connectivity index (χ0v) is 10.7. The van der Waals surface area contributed by atoms with Gasteiger partial charge in [0.15, 0.2) is 0 Å². The first-order chi connectivity index (χ1) is 8.83. The number of nitrogens with zero attached hydrogens (tertiary/aromatic N) is 2. The van der Waals surface area contributed by atoms with Crippen LogP contribution in [0, 0.1) is 6.92 Å². The molecule has 18 heavy (non-hydrogen) atoms. The summed E-state index contributed by atoms with van der Waals surface area (Å²) in [6.07, 6.45) is 6.46. The van der Waals surface area contributed by atoms with Crippen LogP contribution in [-0.4, -0.2) is 16.1 Å². The van der Waals surface area contributed by atoms with Crippen molar-refractivity contribution in [2.24, 2.45) is 0 Å². The van der Waals surface area contributed by atoms with Gasteiger partial charge in [0, 0.05) is 31.4 Å². The maximum Gasteiger partial charge on any atom is 0.117 e. The van der Waals surface area contributed by atoms with Crippen molar-refractivity contribution in [3.05, 3.63) is 41.9 Å². The van der Waals surface area contributed by atoms with Crippen LogP contribution in [0.4, 0.5) is 0 Å². The Kier molecular flexibility index (Phi) is 3.19. The van der Waals surface area contributed by atoms with E-state index in [-0.39, 0.29) is 0 Å². The van der Waals surface area contributed by atoms with Crippen molar-refractivity contribution in [3.8, 4) is 0 Å². The third-order valence-corrected chi connectivity index (χ3v) is 3.55. The van der Waals surface area contributed by atoms with Crippen molar-refractivity contribution < 1.29 is 4.42 Å². The highest BCUT2D eigenvalue weighted by Crippen LogP contribution is 2.24. The van der Waals surface area contributed by atoms with Crippen molar-refractivity contribution in [2.75, 3.05) is 6.54 Å². The van der Waals surface area contributed by atoms with Gasteiger partial charge in [0.2, 0.25) is 0 Å². The zero-order chi connectivity index (χ0) is 12.4. The van der Waals surface area contributed by atoms with Gasteiger partial charge in [-0.15, -0.1) is 0 Å². The van der Waals surface area contributed by atoms with E-state index in [0.29, 0.717) is 5.92 Å². The van der Waals surface area contributed by atoms with Crippen LogP contribution in [0.2, 0.25) is 0 Å². The molecule has 1 unspecified atom stereocenters. The van der Waals surface area contributed by atoms with Gasteiger partial charge in [0.05, 0.1) is 6.54 Å². The van der Waals surface area contributed by atoms with Crippen molar-refractivity contribution in [1.29, 1.82) is 0 Å². The van der Waals surface area contributed by atoms with E-state index in [0.717, 1.165) is 31.2 Å².